The highest BCUT2D eigenvalue weighted by Crippen LogP contribution is 2.18. The van der Waals surface area contributed by atoms with Crippen molar-refractivity contribution in [1.82, 2.24) is 4.72 Å². The van der Waals surface area contributed by atoms with Crippen LogP contribution in [-0.2, 0) is 10.0 Å². The molecule has 0 bridgehead atoms. The molecule has 8 heteroatoms. The minimum absolute atomic E-state index is 0.0551. The van der Waals surface area contributed by atoms with Gasteiger partial charge in [0, 0.05) is 16.5 Å². The summed E-state index contributed by atoms with van der Waals surface area (Å²) in [5, 5.41) is 17.3. The van der Waals surface area contributed by atoms with Gasteiger partial charge in [-0.2, -0.15) is 5.26 Å². The number of benzene rings is 1. The highest BCUT2D eigenvalue weighted by molar-refractivity contribution is 14.1. The Morgan fingerprint density at radius 3 is 2.74 bits per heavy atom. The molecule has 1 aromatic carbocycles. The van der Waals surface area contributed by atoms with Crippen LogP contribution in [0.5, 0.6) is 0 Å². The lowest BCUT2D eigenvalue weighted by Crippen LogP contribution is -2.25. The molecule has 0 heterocycles. The van der Waals surface area contributed by atoms with Crippen molar-refractivity contribution in [2.75, 3.05) is 6.54 Å². The van der Waals surface area contributed by atoms with Gasteiger partial charge in [0.05, 0.1) is 16.5 Å². The summed E-state index contributed by atoms with van der Waals surface area (Å²) < 4.78 is 26.6. The molecule has 19 heavy (non-hydrogen) atoms. The zero-order valence-electron chi connectivity index (χ0n) is 9.76. The standard InChI is InChI=1S/C11H11IN2O4S/c12-10-4-3-8(7-9(10)11(15)16)19(17,18)14-6-2-1-5-13/h3-4,7,14H,1-2,6H2,(H,15,16). The molecule has 0 radical (unpaired) electrons. The zero-order valence-corrected chi connectivity index (χ0v) is 12.7. The van der Waals surface area contributed by atoms with E-state index < -0.39 is 16.0 Å². The summed E-state index contributed by atoms with van der Waals surface area (Å²) in [4.78, 5) is 10.8. The number of hydrogen-bond donors (Lipinski definition) is 2. The Morgan fingerprint density at radius 2 is 2.16 bits per heavy atom. The summed E-state index contributed by atoms with van der Waals surface area (Å²) in [5.41, 5.74) is -0.0551. The molecule has 6 nitrogen and oxygen atoms in total. The molecule has 0 aliphatic carbocycles. The first-order valence-corrected chi connectivity index (χ1v) is 7.84. The molecule has 0 saturated heterocycles. The maximum Gasteiger partial charge on any atom is 0.336 e. The number of rotatable bonds is 6. The van der Waals surface area contributed by atoms with Gasteiger partial charge >= 0.3 is 5.97 Å². The van der Waals surface area contributed by atoms with Crippen LogP contribution < -0.4 is 4.72 Å². The second kappa shape index (κ2) is 6.83. The van der Waals surface area contributed by atoms with Gasteiger partial charge in [0.1, 0.15) is 0 Å². The highest BCUT2D eigenvalue weighted by atomic mass is 127. The van der Waals surface area contributed by atoms with Crippen molar-refractivity contribution in [1.29, 1.82) is 5.26 Å². The molecule has 0 aliphatic heterocycles. The summed E-state index contributed by atoms with van der Waals surface area (Å²) >= 11 is 1.83. The van der Waals surface area contributed by atoms with Crippen LogP contribution in [-0.4, -0.2) is 26.0 Å². The van der Waals surface area contributed by atoms with Gasteiger partial charge in [-0.25, -0.2) is 17.9 Å². The minimum Gasteiger partial charge on any atom is -0.478 e. The Kier molecular flexibility index (Phi) is 5.71. The Morgan fingerprint density at radius 1 is 1.47 bits per heavy atom. The van der Waals surface area contributed by atoms with E-state index in [2.05, 4.69) is 4.72 Å². The molecule has 0 unspecified atom stereocenters. The molecule has 2 N–H and O–H groups in total. The smallest absolute Gasteiger partial charge is 0.336 e. The van der Waals surface area contributed by atoms with Crippen molar-refractivity contribution >= 4 is 38.6 Å². The number of nitrogens with one attached hydrogen (secondary N) is 1. The molecule has 0 spiro atoms. The Balaban J connectivity index is 2.93. The first-order valence-electron chi connectivity index (χ1n) is 5.28. The molecule has 0 saturated carbocycles. The van der Waals surface area contributed by atoms with Gasteiger partial charge < -0.3 is 5.11 Å². The fourth-order valence-electron chi connectivity index (χ4n) is 1.29. The summed E-state index contributed by atoms with van der Waals surface area (Å²) in [6, 6.07) is 5.82. The first-order chi connectivity index (χ1) is 8.88. The topological polar surface area (TPSA) is 107 Å². The van der Waals surface area contributed by atoms with Crippen molar-refractivity contribution in [3.05, 3.63) is 27.3 Å². The molecular formula is C11H11IN2O4S. The van der Waals surface area contributed by atoms with Crippen LogP contribution in [0.1, 0.15) is 23.2 Å². The molecular weight excluding hydrogens is 383 g/mol. The van der Waals surface area contributed by atoms with Crippen molar-refractivity contribution < 1.29 is 18.3 Å². The lowest BCUT2D eigenvalue weighted by molar-refractivity contribution is 0.0695. The zero-order chi connectivity index (χ0) is 14.5. The number of nitriles is 1. The van der Waals surface area contributed by atoms with Gasteiger partial charge in [0.2, 0.25) is 10.0 Å². The van der Waals surface area contributed by atoms with E-state index >= 15 is 0 Å². The number of carbonyl (C=O) groups is 1. The third-order valence-corrected chi connectivity index (χ3v) is 4.64. The highest BCUT2D eigenvalue weighted by Gasteiger charge is 2.17. The van der Waals surface area contributed by atoms with E-state index in [0.29, 0.717) is 9.99 Å². The Bertz CT molecular complexity index is 622. The third kappa shape index (κ3) is 4.45. The second-order valence-corrected chi connectivity index (χ2v) is 6.54. The average molecular weight is 394 g/mol. The predicted molar refractivity (Wildman–Crippen MR) is 76.2 cm³/mol. The number of unbranched alkanes of at least 4 members (excludes halogenated alkanes) is 1. The van der Waals surface area contributed by atoms with Crippen molar-refractivity contribution in [3.8, 4) is 6.07 Å². The Labute approximate surface area is 124 Å². The fourth-order valence-corrected chi connectivity index (χ4v) is 2.96. The predicted octanol–water partition coefficient (Wildman–Crippen LogP) is 1.57. The van der Waals surface area contributed by atoms with Gasteiger partial charge in [0.15, 0.2) is 0 Å². The molecule has 0 aromatic heterocycles. The van der Waals surface area contributed by atoms with Gasteiger partial charge in [-0.05, 0) is 47.2 Å². The first kappa shape index (κ1) is 15.9. The van der Waals surface area contributed by atoms with E-state index in [1.165, 1.54) is 12.1 Å². The Hall–Kier alpha value is -1.18. The third-order valence-electron chi connectivity index (χ3n) is 2.24. The summed E-state index contributed by atoms with van der Waals surface area (Å²) in [6.07, 6.45) is 0.668. The number of aromatic carboxylic acids is 1. The number of sulfonamides is 1. The molecule has 0 amide bonds. The molecule has 1 aromatic rings. The van der Waals surface area contributed by atoms with E-state index in [4.69, 9.17) is 10.4 Å². The summed E-state index contributed by atoms with van der Waals surface area (Å²) in [5.74, 6) is -1.18. The molecule has 0 aliphatic rings. The summed E-state index contributed by atoms with van der Waals surface area (Å²) in [7, 11) is -3.74. The largest absolute Gasteiger partial charge is 0.478 e. The normalized spacial score (nSPS) is 10.9. The number of nitrogens with zero attached hydrogens (tertiary/aromatic N) is 1. The summed E-state index contributed by atoms with van der Waals surface area (Å²) in [6.45, 7) is 0.143. The van der Waals surface area contributed by atoms with Gasteiger partial charge in [-0.3, -0.25) is 0 Å². The van der Waals surface area contributed by atoms with Gasteiger partial charge in [0.25, 0.3) is 0 Å². The van der Waals surface area contributed by atoms with Crippen LogP contribution >= 0.6 is 22.6 Å². The second-order valence-electron chi connectivity index (χ2n) is 3.61. The average Bonchev–Trinajstić information content (AvgIpc) is 2.34. The van der Waals surface area contributed by atoms with E-state index in [1.54, 1.807) is 0 Å². The number of hydrogen-bond acceptors (Lipinski definition) is 4. The molecule has 0 fully saturated rings. The van der Waals surface area contributed by atoms with Crippen LogP contribution in [0.15, 0.2) is 23.1 Å². The fraction of sp³-hybridized carbons (Fsp3) is 0.273. The molecule has 102 valence electrons. The molecule has 1 rings (SSSR count). The van der Waals surface area contributed by atoms with E-state index in [1.807, 2.05) is 28.7 Å². The van der Waals surface area contributed by atoms with E-state index in [9.17, 15) is 13.2 Å². The van der Waals surface area contributed by atoms with Crippen LogP contribution in [0.4, 0.5) is 0 Å². The van der Waals surface area contributed by atoms with Crippen molar-refractivity contribution in [2.45, 2.75) is 17.7 Å². The maximum atomic E-state index is 11.9. The number of carboxylic acid groups (broad SMARTS) is 1. The van der Waals surface area contributed by atoms with Crippen LogP contribution in [0.25, 0.3) is 0 Å². The maximum absolute atomic E-state index is 11.9. The van der Waals surface area contributed by atoms with Crippen LogP contribution in [0, 0.1) is 14.9 Å². The van der Waals surface area contributed by atoms with E-state index in [-0.39, 0.29) is 23.4 Å². The monoisotopic (exact) mass is 394 g/mol. The van der Waals surface area contributed by atoms with E-state index in [0.717, 1.165) is 6.07 Å². The lowest BCUT2D eigenvalue weighted by atomic mass is 10.2. The number of carboxylic acids is 1. The molecule has 0 atom stereocenters. The van der Waals surface area contributed by atoms with Gasteiger partial charge in [-0.1, -0.05) is 0 Å². The van der Waals surface area contributed by atoms with Gasteiger partial charge in [-0.15, -0.1) is 0 Å². The van der Waals surface area contributed by atoms with Crippen LogP contribution in [0.3, 0.4) is 0 Å². The van der Waals surface area contributed by atoms with Crippen LogP contribution in [0.2, 0.25) is 0 Å². The number of halogens is 1. The van der Waals surface area contributed by atoms with Crippen molar-refractivity contribution in [2.24, 2.45) is 0 Å². The minimum atomic E-state index is -3.74. The lowest BCUT2D eigenvalue weighted by Gasteiger charge is -2.07. The van der Waals surface area contributed by atoms with Crippen molar-refractivity contribution in [3.63, 3.8) is 0 Å². The SMILES string of the molecule is N#CCCCNS(=O)(=O)c1ccc(I)c(C(=O)O)c1. The quantitative estimate of drug-likeness (QED) is 0.563.